The smallest absolute Gasteiger partial charge is 0.368 e. The first-order chi connectivity index (χ1) is 12.9. The summed E-state index contributed by atoms with van der Waals surface area (Å²) in [6.45, 7) is -0.115. The molecule has 142 valence electrons. The first-order valence-electron chi connectivity index (χ1n) is 8.64. The Morgan fingerprint density at radius 2 is 2.26 bits per heavy atom. The van der Waals surface area contributed by atoms with Gasteiger partial charge in [-0.3, -0.25) is 9.79 Å². The fraction of sp³-hybridized carbons (Fsp3) is 0.529. The minimum absolute atomic E-state index is 0.0102. The van der Waals surface area contributed by atoms with E-state index in [1.165, 1.54) is 11.1 Å². The minimum Gasteiger partial charge on any atom is -0.368 e. The number of piperidine rings is 1. The number of alkyl halides is 3. The van der Waals surface area contributed by atoms with E-state index in [0.29, 0.717) is 11.5 Å². The molecule has 4 rings (SSSR count). The molecule has 4 heterocycles. The quantitative estimate of drug-likeness (QED) is 0.849. The van der Waals surface area contributed by atoms with Crippen molar-refractivity contribution in [3.63, 3.8) is 0 Å². The lowest BCUT2D eigenvalue weighted by molar-refractivity contribution is -0.193. The van der Waals surface area contributed by atoms with E-state index in [1.807, 2.05) is 6.08 Å². The molecule has 1 saturated heterocycles. The summed E-state index contributed by atoms with van der Waals surface area (Å²) in [5.41, 5.74) is 0.640. The molecule has 1 N–H and O–H groups in total. The SMILES string of the molecule is N#CCC(=O)N1CC[C@H](C(F)(F)F)[C@H](c2ncc3n2C2C=CNC2N=C3)C1. The lowest BCUT2D eigenvalue weighted by Crippen LogP contribution is -2.48. The van der Waals surface area contributed by atoms with Crippen molar-refractivity contribution in [3.05, 3.63) is 30.0 Å². The van der Waals surface area contributed by atoms with Crippen LogP contribution in [-0.4, -0.2) is 52.0 Å². The van der Waals surface area contributed by atoms with Crippen molar-refractivity contribution in [2.75, 3.05) is 13.1 Å². The summed E-state index contributed by atoms with van der Waals surface area (Å²) >= 11 is 0. The molecule has 2 unspecified atom stereocenters. The largest absolute Gasteiger partial charge is 0.392 e. The molecule has 0 aromatic carbocycles. The highest BCUT2D eigenvalue weighted by atomic mass is 19.4. The van der Waals surface area contributed by atoms with Crippen LogP contribution in [0.25, 0.3) is 0 Å². The van der Waals surface area contributed by atoms with E-state index in [-0.39, 0.29) is 38.1 Å². The Bertz CT molecular complexity index is 852. The summed E-state index contributed by atoms with van der Waals surface area (Å²) in [6.07, 6.45) is 1.49. The van der Waals surface area contributed by atoms with Crippen LogP contribution in [0.4, 0.5) is 13.2 Å². The zero-order chi connectivity index (χ0) is 19.2. The van der Waals surface area contributed by atoms with Crippen LogP contribution in [0.1, 0.15) is 36.3 Å². The van der Waals surface area contributed by atoms with Gasteiger partial charge in [-0.2, -0.15) is 18.4 Å². The molecule has 3 aliphatic heterocycles. The predicted molar refractivity (Wildman–Crippen MR) is 88.6 cm³/mol. The number of hydrogen-bond acceptors (Lipinski definition) is 5. The maximum Gasteiger partial charge on any atom is 0.392 e. The third kappa shape index (κ3) is 2.97. The first-order valence-corrected chi connectivity index (χ1v) is 8.64. The number of amides is 1. The Morgan fingerprint density at radius 1 is 1.44 bits per heavy atom. The van der Waals surface area contributed by atoms with Crippen molar-refractivity contribution in [1.29, 1.82) is 5.26 Å². The summed E-state index contributed by atoms with van der Waals surface area (Å²) in [6, 6.07) is 1.52. The summed E-state index contributed by atoms with van der Waals surface area (Å²) in [7, 11) is 0. The Kier molecular flexibility index (Phi) is 4.17. The number of hydrogen-bond donors (Lipinski definition) is 1. The van der Waals surface area contributed by atoms with Gasteiger partial charge in [0.25, 0.3) is 0 Å². The summed E-state index contributed by atoms with van der Waals surface area (Å²) < 4.78 is 42.9. The van der Waals surface area contributed by atoms with Gasteiger partial charge < -0.3 is 14.8 Å². The van der Waals surface area contributed by atoms with E-state index in [2.05, 4.69) is 15.3 Å². The van der Waals surface area contributed by atoms with Gasteiger partial charge in [-0.15, -0.1) is 0 Å². The van der Waals surface area contributed by atoms with Gasteiger partial charge >= 0.3 is 6.18 Å². The Hall–Kier alpha value is -2.83. The average Bonchev–Trinajstić information content (AvgIpc) is 3.26. The number of carbonyl (C=O) groups is 1. The number of aromatic nitrogens is 2. The fourth-order valence-electron chi connectivity index (χ4n) is 4.07. The van der Waals surface area contributed by atoms with Gasteiger partial charge in [0.1, 0.15) is 18.4 Å². The van der Waals surface area contributed by atoms with Crippen LogP contribution >= 0.6 is 0 Å². The third-order valence-corrected chi connectivity index (χ3v) is 5.35. The molecule has 4 atom stereocenters. The second-order valence-electron chi connectivity index (χ2n) is 6.87. The molecule has 0 radical (unpaired) electrons. The molecule has 7 nitrogen and oxygen atoms in total. The van der Waals surface area contributed by atoms with Gasteiger partial charge in [0.15, 0.2) is 0 Å². The fourth-order valence-corrected chi connectivity index (χ4v) is 4.07. The van der Waals surface area contributed by atoms with Gasteiger partial charge in [0.2, 0.25) is 5.91 Å². The van der Waals surface area contributed by atoms with Crippen LogP contribution in [0.15, 0.2) is 23.5 Å². The van der Waals surface area contributed by atoms with Gasteiger partial charge in [-0.25, -0.2) is 4.98 Å². The van der Waals surface area contributed by atoms with E-state index >= 15 is 0 Å². The van der Waals surface area contributed by atoms with Crippen LogP contribution in [0.5, 0.6) is 0 Å². The number of nitrogens with one attached hydrogen (secondary N) is 1. The van der Waals surface area contributed by atoms with Crippen molar-refractivity contribution < 1.29 is 18.0 Å². The first kappa shape index (κ1) is 17.6. The number of likely N-dealkylation sites (tertiary alicyclic amines) is 1. The highest BCUT2D eigenvalue weighted by Gasteiger charge is 2.50. The molecule has 0 bridgehead atoms. The van der Waals surface area contributed by atoms with Crippen LogP contribution in [0, 0.1) is 17.2 Å². The van der Waals surface area contributed by atoms with Crippen molar-refractivity contribution in [2.24, 2.45) is 10.9 Å². The van der Waals surface area contributed by atoms with Crippen LogP contribution in [0.3, 0.4) is 0 Å². The number of imidazole rings is 1. The van der Waals surface area contributed by atoms with Crippen molar-refractivity contribution in [3.8, 4) is 6.07 Å². The Morgan fingerprint density at radius 3 is 3.00 bits per heavy atom. The van der Waals surface area contributed by atoms with E-state index in [4.69, 9.17) is 5.26 Å². The number of fused-ring (bicyclic) bond motifs is 3. The molecule has 27 heavy (non-hydrogen) atoms. The topological polar surface area (TPSA) is 86.3 Å². The molecule has 1 fully saturated rings. The summed E-state index contributed by atoms with van der Waals surface area (Å²) in [5, 5.41) is 11.8. The van der Waals surface area contributed by atoms with Crippen LogP contribution in [0.2, 0.25) is 0 Å². The van der Waals surface area contributed by atoms with E-state index in [0.717, 1.165) is 0 Å². The molecule has 1 aromatic rings. The maximum atomic E-state index is 13.7. The molecule has 0 aliphatic carbocycles. The zero-order valence-electron chi connectivity index (χ0n) is 14.2. The van der Waals surface area contributed by atoms with Crippen LogP contribution in [-0.2, 0) is 4.79 Å². The summed E-state index contributed by atoms with van der Waals surface area (Å²) in [4.78, 5) is 22.1. The summed E-state index contributed by atoms with van der Waals surface area (Å²) in [5.74, 6) is -2.73. The monoisotopic (exact) mass is 378 g/mol. The van der Waals surface area contributed by atoms with E-state index in [9.17, 15) is 18.0 Å². The molecule has 10 heteroatoms. The second kappa shape index (κ2) is 6.40. The van der Waals surface area contributed by atoms with Crippen molar-refractivity contribution in [2.45, 2.75) is 37.1 Å². The molecule has 1 amide bonds. The van der Waals surface area contributed by atoms with E-state index < -0.39 is 23.9 Å². The Balaban J connectivity index is 1.72. The number of aliphatic imine (C=N–C) groups is 1. The molecule has 0 saturated carbocycles. The number of nitriles is 1. The lowest BCUT2D eigenvalue weighted by Gasteiger charge is -2.39. The number of carbonyl (C=O) groups excluding carboxylic acids is 1. The van der Waals surface area contributed by atoms with Crippen molar-refractivity contribution in [1.82, 2.24) is 19.8 Å². The van der Waals surface area contributed by atoms with Crippen molar-refractivity contribution >= 4 is 12.1 Å². The molecule has 0 spiro atoms. The number of nitrogens with zero attached hydrogens (tertiary/aromatic N) is 5. The van der Waals surface area contributed by atoms with Gasteiger partial charge in [-0.05, 0) is 18.7 Å². The van der Waals surface area contributed by atoms with Gasteiger partial charge in [0.05, 0.1) is 29.9 Å². The van der Waals surface area contributed by atoms with Gasteiger partial charge in [-0.1, -0.05) is 0 Å². The van der Waals surface area contributed by atoms with Gasteiger partial charge in [0, 0.05) is 25.2 Å². The minimum atomic E-state index is -4.40. The molecular weight excluding hydrogens is 361 g/mol. The number of halogens is 3. The van der Waals surface area contributed by atoms with Crippen LogP contribution < -0.4 is 5.32 Å². The lowest BCUT2D eigenvalue weighted by atomic mass is 9.83. The highest BCUT2D eigenvalue weighted by Crippen LogP contribution is 2.44. The molecular formula is C17H17F3N6O. The third-order valence-electron chi connectivity index (χ3n) is 5.35. The standard InChI is InChI=1S/C17H17F3N6O/c18-17(19,20)12-3-6-25(14(27)1-4-21)9-11(12)16-24-8-10-7-23-15-13(26(10)16)2-5-22-15/h2,5,7-8,11-13,15,22H,1,3,6,9H2/t11-,12+,13?,15?/m1/s1. The molecule has 1 aromatic heterocycles. The highest BCUT2D eigenvalue weighted by molar-refractivity contribution is 5.79. The maximum absolute atomic E-state index is 13.7. The zero-order valence-corrected chi connectivity index (χ0v) is 14.2. The molecule has 3 aliphatic rings. The average molecular weight is 378 g/mol. The second-order valence-corrected chi connectivity index (χ2v) is 6.87. The number of rotatable bonds is 2. The van der Waals surface area contributed by atoms with E-state index in [1.54, 1.807) is 23.1 Å². The Labute approximate surface area is 153 Å². The predicted octanol–water partition coefficient (Wildman–Crippen LogP) is 1.71. The normalized spacial score (nSPS) is 29.0.